The lowest BCUT2D eigenvalue weighted by Gasteiger charge is -2.46. The molecule has 1 heterocycles. The summed E-state index contributed by atoms with van der Waals surface area (Å²) in [5.74, 6) is -0.662. The van der Waals surface area contributed by atoms with Gasteiger partial charge in [0.25, 0.3) is 8.32 Å². The van der Waals surface area contributed by atoms with E-state index >= 15 is 0 Å². The lowest BCUT2D eigenvalue weighted by molar-refractivity contribution is -0.164. The molecule has 0 amide bonds. The topological polar surface area (TPSA) is 49.0 Å². The Balaban J connectivity index is 1.67. The van der Waals surface area contributed by atoms with Gasteiger partial charge in [-0.1, -0.05) is 112 Å². The second-order valence-corrected chi connectivity index (χ2v) is 15.9. The van der Waals surface area contributed by atoms with E-state index in [0.717, 1.165) is 5.56 Å². The van der Waals surface area contributed by atoms with Crippen LogP contribution in [0.5, 0.6) is 0 Å². The first kappa shape index (κ1) is 27.7. The van der Waals surface area contributed by atoms with Crippen LogP contribution in [0.15, 0.2) is 91.0 Å². The second-order valence-electron chi connectivity index (χ2n) is 11.6. The van der Waals surface area contributed by atoms with Gasteiger partial charge in [-0.15, -0.1) is 0 Å². The first-order chi connectivity index (χ1) is 17.6. The van der Waals surface area contributed by atoms with Gasteiger partial charge < -0.3 is 13.9 Å². The lowest BCUT2D eigenvalue weighted by atomic mass is 9.97. The molecule has 6 heteroatoms. The fraction of sp³-hybridized carbons (Fsp3) is 0.419. The SMILES string of the molecule is CC1(C)OC[C@@H]([C@@](C)(CO[Si](c2ccccc2)(c2ccccc2)C(C)(C)C)NOCc2ccccc2)O1. The van der Waals surface area contributed by atoms with Crippen LogP contribution in [0.25, 0.3) is 0 Å². The highest BCUT2D eigenvalue weighted by Crippen LogP contribution is 2.38. The molecule has 0 bridgehead atoms. The molecule has 0 aliphatic carbocycles. The van der Waals surface area contributed by atoms with E-state index in [0.29, 0.717) is 19.8 Å². The van der Waals surface area contributed by atoms with Gasteiger partial charge in [0.15, 0.2) is 5.79 Å². The third-order valence-electron chi connectivity index (χ3n) is 7.11. The maximum absolute atomic E-state index is 7.28. The van der Waals surface area contributed by atoms with Gasteiger partial charge in [0.05, 0.1) is 25.4 Å². The molecule has 0 radical (unpaired) electrons. The molecular weight excluding hydrogens is 478 g/mol. The minimum Gasteiger partial charge on any atom is -0.405 e. The molecule has 1 saturated heterocycles. The Morgan fingerprint density at radius 1 is 0.838 bits per heavy atom. The van der Waals surface area contributed by atoms with E-state index < -0.39 is 19.6 Å². The highest BCUT2D eigenvalue weighted by molar-refractivity contribution is 6.99. The van der Waals surface area contributed by atoms with Gasteiger partial charge in [-0.2, -0.15) is 5.48 Å². The molecule has 1 aliphatic rings. The minimum absolute atomic E-state index is 0.131. The van der Waals surface area contributed by atoms with E-state index in [4.69, 9.17) is 18.7 Å². The van der Waals surface area contributed by atoms with Crippen molar-refractivity contribution >= 4 is 18.7 Å². The first-order valence-electron chi connectivity index (χ1n) is 13.1. The summed E-state index contributed by atoms with van der Waals surface area (Å²) in [6.45, 7) is 14.1. The van der Waals surface area contributed by atoms with Crippen molar-refractivity contribution in [1.82, 2.24) is 5.48 Å². The molecule has 1 fully saturated rings. The van der Waals surface area contributed by atoms with Crippen LogP contribution in [0.2, 0.25) is 5.04 Å². The Morgan fingerprint density at radius 2 is 1.35 bits per heavy atom. The molecule has 1 aliphatic heterocycles. The Hall–Kier alpha value is -2.32. The molecule has 4 rings (SSSR count). The number of hydrogen-bond acceptors (Lipinski definition) is 5. The van der Waals surface area contributed by atoms with Gasteiger partial charge >= 0.3 is 0 Å². The van der Waals surface area contributed by atoms with E-state index in [2.05, 4.69) is 106 Å². The molecule has 3 aromatic rings. The van der Waals surface area contributed by atoms with E-state index in [1.807, 2.05) is 32.0 Å². The third kappa shape index (κ3) is 6.23. The van der Waals surface area contributed by atoms with E-state index in [1.54, 1.807) is 0 Å². The van der Waals surface area contributed by atoms with Crippen molar-refractivity contribution in [2.24, 2.45) is 0 Å². The minimum atomic E-state index is -2.74. The average Bonchev–Trinajstić information content (AvgIpc) is 3.26. The van der Waals surface area contributed by atoms with Crippen molar-refractivity contribution in [3.63, 3.8) is 0 Å². The maximum atomic E-state index is 7.28. The van der Waals surface area contributed by atoms with Crippen molar-refractivity contribution < 1.29 is 18.7 Å². The smallest absolute Gasteiger partial charge is 0.261 e. The Labute approximate surface area is 223 Å². The van der Waals surface area contributed by atoms with Gasteiger partial charge in [0, 0.05) is 0 Å². The molecule has 0 unspecified atom stereocenters. The van der Waals surface area contributed by atoms with E-state index in [-0.39, 0.29) is 11.1 Å². The summed E-state index contributed by atoms with van der Waals surface area (Å²) >= 11 is 0. The molecule has 37 heavy (non-hydrogen) atoms. The summed E-state index contributed by atoms with van der Waals surface area (Å²) in [6, 6.07) is 31.5. The Bertz CT molecular complexity index is 1080. The molecule has 2 atom stereocenters. The molecule has 5 nitrogen and oxygen atoms in total. The van der Waals surface area contributed by atoms with Gasteiger partial charge in [-0.3, -0.25) is 4.84 Å². The molecule has 0 spiro atoms. The lowest BCUT2D eigenvalue weighted by Crippen LogP contribution is -2.69. The zero-order chi connectivity index (χ0) is 26.6. The van der Waals surface area contributed by atoms with Crippen molar-refractivity contribution in [3.05, 3.63) is 96.6 Å². The maximum Gasteiger partial charge on any atom is 0.261 e. The van der Waals surface area contributed by atoms with Crippen molar-refractivity contribution in [3.8, 4) is 0 Å². The predicted octanol–water partition coefficient (Wildman–Crippen LogP) is 5.19. The van der Waals surface area contributed by atoms with Gasteiger partial charge in [-0.25, -0.2) is 0 Å². The van der Waals surface area contributed by atoms with Crippen LogP contribution in [-0.2, 0) is 25.3 Å². The number of hydroxylamine groups is 1. The third-order valence-corrected chi connectivity index (χ3v) is 12.1. The average molecular weight is 520 g/mol. The van der Waals surface area contributed by atoms with Crippen LogP contribution in [0.4, 0.5) is 0 Å². The first-order valence-corrected chi connectivity index (χ1v) is 15.0. The largest absolute Gasteiger partial charge is 0.405 e. The van der Waals surface area contributed by atoms with Crippen LogP contribution in [-0.4, -0.2) is 39.0 Å². The molecular formula is C31H41NO4Si. The normalized spacial score (nSPS) is 19.5. The van der Waals surface area contributed by atoms with Crippen molar-refractivity contribution in [2.75, 3.05) is 13.2 Å². The zero-order valence-corrected chi connectivity index (χ0v) is 24.0. The van der Waals surface area contributed by atoms with Crippen LogP contribution in [0, 0.1) is 0 Å². The summed E-state index contributed by atoms with van der Waals surface area (Å²) in [6.07, 6.45) is -0.253. The summed E-state index contributed by atoms with van der Waals surface area (Å²) in [5.41, 5.74) is 3.78. The van der Waals surface area contributed by atoms with E-state index in [1.165, 1.54) is 10.4 Å². The van der Waals surface area contributed by atoms with Gasteiger partial charge in [-0.05, 0) is 41.7 Å². The fourth-order valence-corrected chi connectivity index (χ4v) is 9.74. The van der Waals surface area contributed by atoms with Crippen LogP contribution in [0.1, 0.15) is 47.1 Å². The van der Waals surface area contributed by atoms with Gasteiger partial charge in [0.2, 0.25) is 0 Å². The highest BCUT2D eigenvalue weighted by Gasteiger charge is 2.53. The van der Waals surface area contributed by atoms with E-state index in [9.17, 15) is 0 Å². The number of hydrogen-bond donors (Lipinski definition) is 1. The molecule has 1 N–H and O–H groups in total. The molecule has 198 valence electrons. The monoisotopic (exact) mass is 519 g/mol. The summed E-state index contributed by atoms with van der Waals surface area (Å²) in [7, 11) is -2.74. The van der Waals surface area contributed by atoms with Crippen LogP contribution < -0.4 is 15.9 Å². The predicted molar refractivity (Wildman–Crippen MR) is 151 cm³/mol. The van der Waals surface area contributed by atoms with Crippen molar-refractivity contribution in [2.45, 2.75) is 70.6 Å². The molecule has 0 aromatic heterocycles. The second kappa shape index (κ2) is 11.2. The fourth-order valence-electron chi connectivity index (χ4n) is 5.07. The van der Waals surface area contributed by atoms with Gasteiger partial charge in [0.1, 0.15) is 6.10 Å². The van der Waals surface area contributed by atoms with Crippen molar-refractivity contribution in [1.29, 1.82) is 0 Å². The molecule has 0 saturated carbocycles. The Morgan fingerprint density at radius 3 is 1.81 bits per heavy atom. The Kier molecular flexibility index (Phi) is 8.38. The number of benzene rings is 3. The summed E-state index contributed by atoms with van der Waals surface area (Å²) in [5, 5.41) is 2.35. The van der Waals surface area contributed by atoms with Crippen LogP contribution in [0.3, 0.4) is 0 Å². The number of nitrogens with one attached hydrogen (secondary N) is 1. The zero-order valence-electron chi connectivity index (χ0n) is 23.0. The number of rotatable bonds is 10. The summed E-state index contributed by atoms with van der Waals surface area (Å²) in [4.78, 5) is 6.08. The number of ether oxygens (including phenoxy) is 2. The standard InChI is InChI=1S/C31H41NO4Si/c1-29(2,3)37(26-18-12-8-13-19-26,27-20-14-9-15-21-27)35-24-31(6,28-23-33-30(4,5)36-28)32-34-22-25-16-10-7-11-17-25/h7-21,28,32H,22-24H2,1-6H3/t28-,31+/m0/s1. The summed E-state index contributed by atoms with van der Waals surface area (Å²) < 4.78 is 19.6. The quantitative estimate of drug-likeness (QED) is 0.295. The highest BCUT2D eigenvalue weighted by atomic mass is 28.4. The van der Waals surface area contributed by atoms with Crippen LogP contribution >= 0.6 is 0 Å². The molecule has 3 aromatic carbocycles.